The minimum absolute atomic E-state index is 0.128. The molecule has 4 rings (SSSR count). The van der Waals surface area contributed by atoms with E-state index in [2.05, 4.69) is 17.0 Å². The van der Waals surface area contributed by atoms with Gasteiger partial charge in [-0.15, -0.1) is 0 Å². The van der Waals surface area contributed by atoms with Crippen LogP contribution in [0, 0.1) is 0 Å². The van der Waals surface area contributed by atoms with Gasteiger partial charge >= 0.3 is 0 Å². The number of benzene rings is 1. The van der Waals surface area contributed by atoms with Gasteiger partial charge in [-0.3, -0.25) is 4.79 Å². The minimum Gasteiger partial charge on any atom is -0.357 e. The summed E-state index contributed by atoms with van der Waals surface area (Å²) in [7, 11) is 0. The Balaban J connectivity index is 1.51. The predicted molar refractivity (Wildman–Crippen MR) is 99.8 cm³/mol. The van der Waals surface area contributed by atoms with Crippen molar-refractivity contribution >= 4 is 11.7 Å². The number of rotatable bonds is 3. The molecular weight excluding hydrogens is 310 g/mol. The van der Waals surface area contributed by atoms with E-state index in [4.69, 9.17) is 4.98 Å². The van der Waals surface area contributed by atoms with Crippen molar-refractivity contribution in [1.82, 2.24) is 9.88 Å². The Labute approximate surface area is 149 Å². The summed E-state index contributed by atoms with van der Waals surface area (Å²) in [6.45, 7) is 3.04. The van der Waals surface area contributed by atoms with Gasteiger partial charge in [0.25, 0.3) is 5.91 Å². The highest BCUT2D eigenvalue weighted by atomic mass is 16.2. The molecule has 0 aliphatic carbocycles. The second-order valence-electron chi connectivity index (χ2n) is 7.02. The van der Waals surface area contributed by atoms with Crippen molar-refractivity contribution in [1.29, 1.82) is 0 Å². The lowest BCUT2D eigenvalue weighted by Gasteiger charge is -2.29. The quantitative estimate of drug-likeness (QED) is 0.849. The van der Waals surface area contributed by atoms with Crippen LogP contribution in [0.15, 0.2) is 48.7 Å². The van der Waals surface area contributed by atoms with Crippen LogP contribution in [0.4, 0.5) is 5.82 Å². The van der Waals surface area contributed by atoms with Gasteiger partial charge in [-0.25, -0.2) is 4.98 Å². The van der Waals surface area contributed by atoms with E-state index in [1.54, 1.807) is 0 Å². The maximum Gasteiger partial charge on any atom is 0.254 e. The average molecular weight is 335 g/mol. The largest absolute Gasteiger partial charge is 0.357 e. The third-order valence-corrected chi connectivity index (χ3v) is 5.37. The average Bonchev–Trinajstić information content (AvgIpc) is 3.19. The highest BCUT2D eigenvalue weighted by molar-refractivity contribution is 5.94. The highest BCUT2D eigenvalue weighted by Crippen LogP contribution is 2.33. The summed E-state index contributed by atoms with van der Waals surface area (Å²) >= 11 is 0. The maximum absolute atomic E-state index is 12.8. The van der Waals surface area contributed by atoms with Crippen molar-refractivity contribution in [3.8, 4) is 0 Å². The number of piperidine rings is 1. The van der Waals surface area contributed by atoms with Crippen LogP contribution in [-0.4, -0.2) is 35.4 Å². The molecule has 2 saturated heterocycles. The normalized spacial score (nSPS) is 20.7. The second kappa shape index (κ2) is 7.26. The molecule has 0 saturated carbocycles. The van der Waals surface area contributed by atoms with Gasteiger partial charge in [-0.1, -0.05) is 24.3 Å². The number of hydrogen-bond donors (Lipinski definition) is 0. The van der Waals surface area contributed by atoms with Crippen molar-refractivity contribution < 1.29 is 4.79 Å². The molecule has 1 aromatic carbocycles. The number of anilines is 1. The first-order valence-electron chi connectivity index (χ1n) is 9.40. The van der Waals surface area contributed by atoms with Gasteiger partial charge in [0.15, 0.2) is 0 Å². The van der Waals surface area contributed by atoms with E-state index in [9.17, 15) is 4.79 Å². The first-order valence-corrected chi connectivity index (χ1v) is 9.40. The Morgan fingerprint density at radius 2 is 1.72 bits per heavy atom. The summed E-state index contributed by atoms with van der Waals surface area (Å²) in [5.41, 5.74) is 1.93. The molecule has 1 aromatic heterocycles. The number of carbonyl (C=O) groups excluding carboxylic acids is 1. The van der Waals surface area contributed by atoms with Crippen LogP contribution in [0.5, 0.6) is 0 Å². The molecule has 1 unspecified atom stereocenters. The zero-order valence-corrected chi connectivity index (χ0v) is 14.6. The summed E-state index contributed by atoms with van der Waals surface area (Å²) in [4.78, 5) is 21.9. The Kier molecular flexibility index (Phi) is 4.68. The molecule has 0 spiro atoms. The molecule has 2 aliphatic heterocycles. The number of nitrogens with zero attached hydrogens (tertiary/aromatic N) is 3. The molecule has 25 heavy (non-hydrogen) atoms. The van der Waals surface area contributed by atoms with E-state index in [-0.39, 0.29) is 11.9 Å². The van der Waals surface area contributed by atoms with Gasteiger partial charge in [0, 0.05) is 31.4 Å². The summed E-state index contributed by atoms with van der Waals surface area (Å²) in [5, 5.41) is 0. The maximum atomic E-state index is 12.8. The van der Waals surface area contributed by atoms with E-state index in [1.807, 2.05) is 41.4 Å². The molecule has 0 radical (unpaired) electrons. The zero-order valence-electron chi connectivity index (χ0n) is 14.6. The number of hydrogen-bond acceptors (Lipinski definition) is 3. The molecular formula is C21H25N3O. The molecule has 0 N–H and O–H groups in total. The molecule has 2 aromatic rings. The first-order chi connectivity index (χ1) is 12.3. The van der Waals surface area contributed by atoms with E-state index in [1.165, 1.54) is 19.3 Å². The van der Waals surface area contributed by atoms with Gasteiger partial charge in [0.2, 0.25) is 0 Å². The summed E-state index contributed by atoms with van der Waals surface area (Å²) in [5.74, 6) is 1.20. The Morgan fingerprint density at radius 3 is 2.44 bits per heavy atom. The lowest BCUT2D eigenvalue weighted by Crippen LogP contribution is -2.31. The molecule has 4 heteroatoms. The van der Waals surface area contributed by atoms with Crippen LogP contribution in [0.2, 0.25) is 0 Å². The van der Waals surface area contributed by atoms with Gasteiger partial charge in [0.05, 0.1) is 6.04 Å². The third-order valence-electron chi connectivity index (χ3n) is 5.37. The zero-order chi connectivity index (χ0) is 17.1. The number of aromatic nitrogens is 1. The topological polar surface area (TPSA) is 36.4 Å². The standard InChI is InChI=1S/C21H25N3O/c25-21(17-8-3-1-4-9-17)24-15-7-10-19(24)18-11-12-20(22-16-18)23-13-5-2-6-14-23/h1,3-4,8-9,11-12,16,19H,2,5-7,10,13-15H2. The molecule has 1 atom stereocenters. The van der Waals surface area contributed by atoms with Crippen LogP contribution >= 0.6 is 0 Å². The Bertz CT molecular complexity index is 708. The minimum atomic E-state index is 0.128. The van der Waals surface area contributed by atoms with E-state index >= 15 is 0 Å². The molecule has 2 fully saturated rings. The fraction of sp³-hybridized carbons (Fsp3) is 0.429. The third kappa shape index (κ3) is 3.39. The predicted octanol–water partition coefficient (Wildman–Crippen LogP) is 4.05. The van der Waals surface area contributed by atoms with Crippen LogP contribution < -0.4 is 4.90 Å². The van der Waals surface area contributed by atoms with Crippen molar-refractivity contribution in [3.05, 3.63) is 59.8 Å². The molecule has 2 aliphatic rings. The molecule has 4 nitrogen and oxygen atoms in total. The molecule has 0 bridgehead atoms. The summed E-state index contributed by atoms with van der Waals surface area (Å²) in [6.07, 6.45) is 7.88. The summed E-state index contributed by atoms with van der Waals surface area (Å²) in [6, 6.07) is 14.0. The second-order valence-corrected chi connectivity index (χ2v) is 7.02. The smallest absolute Gasteiger partial charge is 0.254 e. The molecule has 3 heterocycles. The Morgan fingerprint density at radius 1 is 0.920 bits per heavy atom. The first kappa shape index (κ1) is 16.1. The van der Waals surface area contributed by atoms with Crippen LogP contribution in [0.3, 0.4) is 0 Å². The van der Waals surface area contributed by atoms with Gasteiger partial charge in [-0.05, 0) is 55.9 Å². The lowest BCUT2D eigenvalue weighted by molar-refractivity contribution is 0.0735. The van der Waals surface area contributed by atoms with Crippen LogP contribution in [-0.2, 0) is 0 Å². The van der Waals surface area contributed by atoms with Crippen molar-refractivity contribution in [3.63, 3.8) is 0 Å². The van der Waals surface area contributed by atoms with Crippen molar-refractivity contribution in [2.45, 2.75) is 38.1 Å². The van der Waals surface area contributed by atoms with E-state index in [0.717, 1.165) is 49.4 Å². The van der Waals surface area contributed by atoms with Crippen LogP contribution in [0.1, 0.15) is 54.1 Å². The van der Waals surface area contributed by atoms with Gasteiger partial charge < -0.3 is 9.80 Å². The van der Waals surface area contributed by atoms with Gasteiger partial charge in [0.1, 0.15) is 5.82 Å². The monoisotopic (exact) mass is 335 g/mol. The van der Waals surface area contributed by atoms with Crippen LogP contribution in [0.25, 0.3) is 0 Å². The van der Waals surface area contributed by atoms with E-state index < -0.39 is 0 Å². The fourth-order valence-corrected chi connectivity index (χ4v) is 4.01. The van der Waals surface area contributed by atoms with Gasteiger partial charge in [-0.2, -0.15) is 0 Å². The van der Waals surface area contributed by atoms with E-state index in [0.29, 0.717) is 0 Å². The number of carbonyl (C=O) groups is 1. The number of amides is 1. The lowest BCUT2D eigenvalue weighted by atomic mass is 10.1. The Hall–Kier alpha value is -2.36. The van der Waals surface area contributed by atoms with Crippen molar-refractivity contribution in [2.24, 2.45) is 0 Å². The number of pyridine rings is 1. The molecule has 1 amide bonds. The SMILES string of the molecule is O=C(c1ccccc1)N1CCCC1c1ccc(N2CCCCC2)nc1. The fourth-order valence-electron chi connectivity index (χ4n) is 4.01. The molecule has 130 valence electrons. The van der Waals surface area contributed by atoms with Crippen molar-refractivity contribution in [2.75, 3.05) is 24.5 Å². The highest BCUT2D eigenvalue weighted by Gasteiger charge is 2.30. The summed E-state index contributed by atoms with van der Waals surface area (Å²) < 4.78 is 0. The number of likely N-dealkylation sites (tertiary alicyclic amines) is 1.